The zero-order chi connectivity index (χ0) is 16.2. The minimum Gasteiger partial charge on any atom is -0.370 e. The number of hydrogen-bond donors (Lipinski definition) is 1. The van der Waals surface area contributed by atoms with Gasteiger partial charge in [-0.25, -0.2) is 9.97 Å². The van der Waals surface area contributed by atoms with Crippen LogP contribution in [0, 0.1) is 6.92 Å². The van der Waals surface area contributed by atoms with Gasteiger partial charge < -0.3 is 10.2 Å². The SMILES string of the molecule is CCNc1cc(C)nc(N2CCN(Cc3ncnn3C)CC2)n1. The molecule has 0 aliphatic carbocycles. The quantitative estimate of drug-likeness (QED) is 0.869. The summed E-state index contributed by atoms with van der Waals surface area (Å²) in [4.78, 5) is 18.1. The van der Waals surface area contributed by atoms with Crippen molar-refractivity contribution >= 4 is 11.8 Å². The van der Waals surface area contributed by atoms with Gasteiger partial charge in [-0.05, 0) is 13.8 Å². The number of hydrogen-bond acceptors (Lipinski definition) is 7. The topological polar surface area (TPSA) is 75.0 Å². The van der Waals surface area contributed by atoms with Crippen molar-refractivity contribution in [1.82, 2.24) is 29.6 Å². The van der Waals surface area contributed by atoms with Crippen LogP contribution in [0.15, 0.2) is 12.4 Å². The molecule has 0 aromatic carbocycles. The molecule has 0 bridgehead atoms. The predicted octanol–water partition coefficient (Wildman–Crippen LogP) is 0.668. The molecule has 8 heteroatoms. The molecule has 0 amide bonds. The summed E-state index contributed by atoms with van der Waals surface area (Å²) >= 11 is 0. The van der Waals surface area contributed by atoms with Crippen LogP contribution < -0.4 is 10.2 Å². The second-order valence-corrected chi connectivity index (χ2v) is 5.79. The first-order chi connectivity index (χ1) is 11.2. The summed E-state index contributed by atoms with van der Waals surface area (Å²) in [5, 5.41) is 7.39. The lowest BCUT2D eigenvalue weighted by Crippen LogP contribution is -2.46. The van der Waals surface area contributed by atoms with Gasteiger partial charge in [-0.15, -0.1) is 0 Å². The largest absolute Gasteiger partial charge is 0.370 e. The van der Waals surface area contributed by atoms with E-state index in [1.165, 1.54) is 0 Å². The number of aromatic nitrogens is 5. The lowest BCUT2D eigenvalue weighted by atomic mass is 10.3. The number of aryl methyl sites for hydroxylation is 2. The molecule has 1 N–H and O–H groups in total. The van der Waals surface area contributed by atoms with Crippen LogP contribution >= 0.6 is 0 Å². The Morgan fingerprint density at radius 3 is 2.61 bits per heavy atom. The van der Waals surface area contributed by atoms with Gasteiger partial charge in [0.15, 0.2) is 0 Å². The standard InChI is InChI=1S/C15H24N8/c1-4-16-13-9-12(2)19-15(20-13)23-7-5-22(6-8-23)10-14-17-11-18-21(14)3/h9,11H,4-8,10H2,1-3H3,(H,16,19,20). The van der Waals surface area contributed by atoms with Crippen molar-refractivity contribution in [3.63, 3.8) is 0 Å². The van der Waals surface area contributed by atoms with Crippen molar-refractivity contribution in [3.8, 4) is 0 Å². The molecule has 0 radical (unpaired) electrons. The van der Waals surface area contributed by atoms with E-state index in [1.54, 1.807) is 6.33 Å². The molecule has 0 saturated carbocycles. The number of rotatable bonds is 5. The molecule has 8 nitrogen and oxygen atoms in total. The van der Waals surface area contributed by atoms with Crippen LogP contribution in [-0.4, -0.2) is 62.4 Å². The Hall–Kier alpha value is -2.22. The molecule has 124 valence electrons. The average molecular weight is 316 g/mol. The van der Waals surface area contributed by atoms with Crippen LogP contribution in [0.25, 0.3) is 0 Å². The maximum atomic E-state index is 4.62. The highest BCUT2D eigenvalue weighted by molar-refractivity contribution is 5.43. The maximum Gasteiger partial charge on any atom is 0.227 e. The lowest BCUT2D eigenvalue weighted by Gasteiger charge is -2.34. The van der Waals surface area contributed by atoms with Crippen LogP contribution in [0.3, 0.4) is 0 Å². The normalized spacial score (nSPS) is 15.9. The number of nitrogens with zero attached hydrogens (tertiary/aromatic N) is 7. The van der Waals surface area contributed by atoms with Crippen molar-refractivity contribution in [2.45, 2.75) is 20.4 Å². The first-order valence-electron chi connectivity index (χ1n) is 8.05. The molecule has 3 rings (SSSR count). The van der Waals surface area contributed by atoms with Gasteiger partial charge in [0.2, 0.25) is 5.95 Å². The number of piperazine rings is 1. The van der Waals surface area contributed by atoms with Crippen molar-refractivity contribution in [3.05, 3.63) is 23.9 Å². The second-order valence-electron chi connectivity index (χ2n) is 5.79. The van der Waals surface area contributed by atoms with Crippen molar-refractivity contribution in [2.75, 3.05) is 42.9 Å². The van der Waals surface area contributed by atoms with Gasteiger partial charge >= 0.3 is 0 Å². The van der Waals surface area contributed by atoms with Gasteiger partial charge in [0.05, 0.1) is 6.54 Å². The first-order valence-corrected chi connectivity index (χ1v) is 8.05. The molecule has 1 aliphatic rings. The van der Waals surface area contributed by atoms with Crippen LogP contribution in [0.5, 0.6) is 0 Å². The Kier molecular flexibility index (Phi) is 4.71. The van der Waals surface area contributed by atoms with Crippen molar-refractivity contribution in [1.29, 1.82) is 0 Å². The lowest BCUT2D eigenvalue weighted by molar-refractivity contribution is 0.239. The Morgan fingerprint density at radius 2 is 1.96 bits per heavy atom. The van der Waals surface area contributed by atoms with Crippen LogP contribution in [0.2, 0.25) is 0 Å². The van der Waals surface area contributed by atoms with Gasteiger partial charge in [0.1, 0.15) is 18.0 Å². The number of anilines is 2. The maximum absolute atomic E-state index is 4.62. The van der Waals surface area contributed by atoms with Crippen LogP contribution in [0.1, 0.15) is 18.4 Å². The average Bonchev–Trinajstić information content (AvgIpc) is 2.93. The molecule has 2 aromatic rings. The highest BCUT2D eigenvalue weighted by atomic mass is 15.4. The van der Waals surface area contributed by atoms with Crippen LogP contribution in [-0.2, 0) is 13.6 Å². The van der Waals surface area contributed by atoms with E-state index in [1.807, 2.05) is 24.7 Å². The molecular weight excluding hydrogens is 292 g/mol. The molecule has 1 fully saturated rings. The minimum atomic E-state index is 0.819. The Labute approximate surface area is 136 Å². The summed E-state index contributed by atoms with van der Waals surface area (Å²) in [6, 6.07) is 1.98. The molecule has 1 saturated heterocycles. The van der Waals surface area contributed by atoms with Gasteiger partial charge in [0, 0.05) is 51.5 Å². The third-order valence-corrected chi connectivity index (χ3v) is 4.03. The molecular formula is C15H24N8. The van der Waals surface area contributed by atoms with Gasteiger partial charge in [0.25, 0.3) is 0 Å². The molecule has 0 spiro atoms. The van der Waals surface area contributed by atoms with E-state index in [4.69, 9.17) is 0 Å². The van der Waals surface area contributed by atoms with E-state index in [9.17, 15) is 0 Å². The fraction of sp³-hybridized carbons (Fsp3) is 0.600. The van der Waals surface area contributed by atoms with E-state index in [-0.39, 0.29) is 0 Å². The van der Waals surface area contributed by atoms with Gasteiger partial charge in [-0.2, -0.15) is 10.1 Å². The highest BCUT2D eigenvalue weighted by Crippen LogP contribution is 2.16. The van der Waals surface area contributed by atoms with Crippen molar-refractivity contribution < 1.29 is 0 Å². The van der Waals surface area contributed by atoms with Gasteiger partial charge in [-0.1, -0.05) is 0 Å². The molecule has 3 heterocycles. The van der Waals surface area contributed by atoms with Gasteiger partial charge in [-0.3, -0.25) is 9.58 Å². The monoisotopic (exact) mass is 316 g/mol. The summed E-state index contributed by atoms with van der Waals surface area (Å²) in [6.45, 7) is 9.57. The third-order valence-electron chi connectivity index (χ3n) is 4.03. The summed E-state index contributed by atoms with van der Waals surface area (Å²) in [5.74, 6) is 2.72. The first kappa shape index (κ1) is 15.7. The van der Waals surface area contributed by atoms with E-state index in [2.05, 4.69) is 42.1 Å². The zero-order valence-corrected chi connectivity index (χ0v) is 14.0. The smallest absolute Gasteiger partial charge is 0.227 e. The second kappa shape index (κ2) is 6.91. The zero-order valence-electron chi connectivity index (χ0n) is 14.0. The summed E-state index contributed by atoms with van der Waals surface area (Å²) in [6.07, 6.45) is 1.61. The van der Waals surface area contributed by atoms with E-state index < -0.39 is 0 Å². The minimum absolute atomic E-state index is 0.819. The summed E-state index contributed by atoms with van der Waals surface area (Å²) in [5.41, 5.74) is 0.993. The van der Waals surface area contributed by atoms with E-state index in [0.29, 0.717) is 0 Å². The fourth-order valence-corrected chi connectivity index (χ4v) is 2.74. The fourth-order valence-electron chi connectivity index (χ4n) is 2.74. The molecule has 0 unspecified atom stereocenters. The summed E-state index contributed by atoms with van der Waals surface area (Å²) < 4.78 is 1.83. The summed E-state index contributed by atoms with van der Waals surface area (Å²) in [7, 11) is 1.93. The van der Waals surface area contributed by atoms with E-state index >= 15 is 0 Å². The predicted molar refractivity (Wildman–Crippen MR) is 89.4 cm³/mol. The Balaban J connectivity index is 1.61. The molecule has 0 atom stereocenters. The molecule has 1 aliphatic heterocycles. The van der Waals surface area contributed by atoms with E-state index in [0.717, 1.165) is 62.6 Å². The highest BCUT2D eigenvalue weighted by Gasteiger charge is 2.20. The van der Waals surface area contributed by atoms with Crippen molar-refractivity contribution in [2.24, 2.45) is 7.05 Å². The third kappa shape index (κ3) is 3.76. The Morgan fingerprint density at radius 1 is 1.17 bits per heavy atom. The number of nitrogens with one attached hydrogen (secondary N) is 1. The molecule has 2 aromatic heterocycles. The molecule has 23 heavy (non-hydrogen) atoms. The van der Waals surface area contributed by atoms with Crippen LogP contribution in [0.4, 0.5) is 11.8 Å². The Bertz CT molecular complexity index is 645.